The summed E-state index contributed by atoms with van der Waals surface area (Å²) in [6.07, 6.45) is 3.11. The number of hydrogen-bond donors (Lipinski definition) is 1. The fourth-order valence-electron chi connectivity index (χ4n) is 1.52. The number of ether oxygens (including phenoxy) is 1. The van der Waals surface area contributed by atoms with Gasteiger partial charge in [-0.1, -0.05) is 19.6 Å². The molecule has 1 aliphatic rings. The minimum atomic E-state index is -1.57. The molecule has 1 rings (SSSR count). The molecule has 0 aliphatic carbocycles. The van der Waals surface area contributed by atoms with Gasteiger partial charge in [-0.2, -0.15) is 0 Å². The molecule has 0 saturated carbocycles. The van der Waals surface area contributed by atoms with E-state index < -0.39 is 13.5 Å². The Morgan fingerprint density at radius 3 is 2.38 bits per heavy atom. The first-order chi connectivity index (χ1) is 5.92. The van der Waals surface area contributed by atoms with Gasteiger partial charge in [0.05, 0.1) is 0 Å². The minimum absolute atomic E-state index is 0.0855. The maximum atomic E-state index is 10.0. The van der Waals surface area contributed by atoms with Gasteiger partial charge in [0.1, 0.15) is 14.2 Å². The lowest BCUT2D eigenvalue weighted by atomic mass is 10.2. The van der Waals surface area contributed by atoms with Crippen molar-refractivity contribution in [1.82, 2.24) is 0 Å². The molecule has 0 spiro atoms. The molecule has 0 radical (unpaired) electrons. The summed E-state index contributed by atoms with van der Waals surface area (Å²) in [7, 11) is -1.57. The number of halogens is 1. The van der Waals surface area contributed by atoms with Crippen LogP contribution in [0.15, 0.2) is 0 Å². The van der Waals surface area contributed by atoms with E-state index in [0.29, 0.717) is 5.88 Å². The van der Waals surface area contributed by atoms with Gasteiger partial charge in [-0.05, 0) is 19.3 Å². The summed E-state index contributed by atoms with van der Waals surface area (Å²) in [4.78, 5) is 0. The van der Waals surface area contributed by atoms with E-state index in [1.165, 1.54) is 0 Å². The average molecular weight is 223 g/mol. The van der Waals surface area contributed by atoms with Gasteiger partial charge >= 0.3 is 0 Å². The molecular weight excluding hydrogens is 204 g/mol. The summed E-state index contributed by atoms with van der Waals surface area (Å²) >= 11 is 5.57. The summed E-state index contributed by atoms with van der Waals surface area (Å²) in [6, 6.07) is 0. The lowest BCUT2D eigenvalue weighted by molar-refractivity contribution is 0.104. The Labute approximate surface area is 86.2 Å². The topological polar surface area (TPSA) is 32.8 Å². The van der Waals surface area contributed by atoms with E-state index in [1.807, 2.05) is 0 Å². The molecule has 78 valence electrons. The molecule has 1 heterocycles. The molecule has 1 N–H and O–H groups in total. The maximum absolute atomic E-state index is 10.0. The van der Waals surface area contributed by atoms with Crippen LogP contribution in [0.3, 0.4) is 0 Å². The molecule has 0 aromatic heterocycles. The summed E-state index contributed by atoms with van der Waals surface area (Å²) in [5.41, 5.74) is -0.751. The summed E-state index contributed by atoms with van der Waals surface area (Å²) in [5.74, 6) is 0.706. The highest BCUT2D eigenvalue weighted by Gasteiger charge is 2.62. The van der Waals surface area contributed by atoms with Crippen molar-refractivity contribution in [2.75, 3.05) is 5.88 Å². The number of hydrogen-bond acceptors (Lipinski definition) is 2. The highest BCUT2D eigenvalue weighted by molar-refractivity contribution is 6.79. The zero-order valence-electron chi connectivity index (χ0n) is 8.64. The SMILES string of the molecule is C[Si](C)(C)C1(O)OC1CCCCCl. The van der Waals surface area contributed by atoms with Crippen LogP contribution in [0.4, 0.5) is 0 Å². The Balaban J connectivity index is 2.28. The Hall–Kier alpha value is 0.427. The van der Waals surface area contributed by atoms with Crippen LogP contribution in [0, 0.1) is 0 Å². The molecule has 4 heteroatoms. The Morgan fingerprint density at radius 1 is 1.38 bits per heavy atom. The fourth-order valence-corrected chi connectivity index (χ4v) is 3.32. The second kappa shape index (κ2) is 3.89. The molecule has 1 aliphatic heterocycles. The summed E-state index contributed by atoms with van der Waals surface area (Å²) < 4.78 is 5.39. The van der Waals surface area contributed by atoms with Gasteiger partial charge in [0.15, 0.2) is 5.41 Å². The van der Waals surface area contributed by atoms with Crippen LogP contribution in [0.2, 0.25) is 19.6 Å². The molecule has 0 aromatic carbocycles. The van der Waals surface area contributed by atoms with Crippen LogP contribution >= 0.6 is 11.6 Å². The van der Waals surface area contributed by atoms with Crippen molar-refractivity contribution in [3.63, 3.8) is 0 Å². The molecule has 13 heavy (non-hydrogen) atoms. The third kappa shape index (κ3) is 2.46. The first kappa shape index (κ1) is 11.5. The van der Waals surface area contributed by atoms with E-state index in [4.69, 9.17) is 16.3 Å². The second-order valence-electron chi connectivity index (χ2n) is 4.74. The van der Waals surface area contributed by atoms with Gasteiger partial charge in [0.2, 0.25) is 0 Å². The first-order valence-electron chi connectivity index (χ1n) is 4.88. The van der Waals surface area contributed by atoms with E-state index in [1.54, 1.807) is 0 Å². The zero-order chi connectivity index (χ0) is 10.1. The van der Waals surface area contributed by atoms with Crippen LogP contribution < -0.4 is 0 Å². The maximum Gasteiger partial charge on any atom is 0.174 e. The predicted molar refractivity (Wildman–Crippen MR) is 57.7 cm³/mol. The number of epoxide rings is 1. The highest BCUT2D eigenvalue weighted by Crippen LogP contribution is 2.44. The second-order valence-corrected chi connectivity index (χ2v) is 10.3. The minimum Gasteiger partial charge on any atom is -0.367 e. The monoisotopic (exact) mass is 222 g/mol. The Morgan fingerprint density at radius 2 is 2.00 bits per heavy atom. The molecule has 1 fully saturated rings. The molecule has 0 bridgehead atoms. The van der Waals surface area contributed by atoms with Crippen LogP contribution in [-0.4, -0.2) is 30.6 Å². The van der Waals surface area contributed by atoms with Crippen molar-refractivity contribution in [2.24, 2.45) is 0 Å². The van der Waals surface area contributed by atoms with Crippen molar-refractivity contribution in [2.45, 2.75) is 50.4 Å². The molecule has 1 saturated heterocycles. The van der Waals surface area contributed by atoms with Crippen molar-refractivity contribution in [3.8, 4) is 0 Å². The largest absolute Gasteiger partial charge is 0.367 e. The summed E-state index contributed by atoms with van der Waals surface area (Å²) in [5, 5.41) is 10.0. The van der Waals surface area contributed by atoms with Crippen molar-refractivity contribution in [3.05, 3.63) is 0 Å². The molecule has 2 nitrogen and oxygen atoms in total. The molecule has 2 atom stereocenters. The molecule has 0 aromatic rings. The van der Waals surface area contributed by atoms with E-state index in [0.717, 1.165) is 19.3 Å². The highest BCUT2D eigenvalue weighted by atomic mass is 35.5. The van der Waals surface area contributed by atoms with Gasteiger partial charge in [0, 0.05) is 5.88 Å². The van der Waals surface area contributed by atoms with Crippen LogP contribution in [-0.2, 0) is 4.74 Å². The van der Waals surface area contributed by atoms with Crippen LogP contribution in [0.25, 0.3) is 0 Å². The number of unbranched alkanes of at least 4 members (excludes halogenated alkanes) is 1. The average Bonchev–Trinajstić information content (AvgIpc) is 2.63. The van der Waals surface area contributed by atoms with Gasteiger partial charge in [-0.25, -0.2) is 0 Å². The number of alkyl halides is 1. The zero-order valence-corrected chi connectivity index (χ0v) is 10.4. The molecule has 0 amide bonds. The van der Waals surface area contributed by atoms with E-state index in [9.17, 15) is 5.11 Å². The van der Waals surface area contributed by atoms with Gasteiger partial charge < -0.3 is 9.84 Å². The van der Waals surface area contributed by atoms with Gasteiger partial charge in [-0.3, -0.25) is 0 Å². The Kier molecular flexibility index (Phi) is 3.44. The standard InChI is InChI=1S/C9H19ClO2Si/c1-13(2,3)9(11)8(12-9)6-4-5-7-10/h8,11H,4-7H2,1-3H3. The molecular formula is C9H19ClO2Si. The lowest BCUT2D eigenvalue weighted by Gasteiger charge is -2.20. The third-order valence-electron chi connectivity index (χ3n) is 2.63. The van der Waals surface area contributed by atoms with Crippen molar-refractivity contribution < 1.29 is 9.84 Å². The van der Waals surface area contributed by atoms with E-state index >= 15 is 0 Å². The summed E-state index contributed by atoms with van der Waals surface area (Å²) in [6.45, 7) is 6.40. The van der Waals surface area contributed by atoms with Crippen molar-refractivity contribution in [1.29, 1.82) is 0 Å². The molecule has 2 unspecified atom stereocenters. The first-order valence-corrected chi connectivity index (χ1v) is 8.91. The van der Waals surface area contributed by atoms with E-state index in [2.05, 4.69) is 19.6 Å². The van der Waals surface area contributed by atoms with Crippen LogP contribution in [0.1, 0.15) is 19.3 Å². The van der Waals surface area contributed by atoms with Crippen molar-refractivity contribution >= 4 is 19.7 Å². The smallest absolute Gasteiger partial charge is 0.174 e. The van der Waals surface area contributed by atoms with Gasteiger partial charge in [0.25, 0.3) is 0 Å². The fraction of sp³-hybridized carbons (Fsp3) is 1.00. The van der Waals surface area contributed by atoms with Crippen LogP contribution in [0.5, 0.6) is 0 Å². The predicted octanol–water partition coefficient (Wildman–Crippen LogP) is 2.36. The Bertz CT molecular complexity index is 181. The quantitative estimate of drug-likeness (QED) is 0.335. The number of aliphatic hydroxyl groups is 1. The van der Waals surface area contributed by atoms with E-state index in [-0.39, 0.29) is 6.10 Å². The lowest BCUT2D eigenvalue weighted by Crippen LogP contribution is -2.43. The normalized spacial score (nSPS) is 33.5. The van der Waals surface area contributed by atoms with Gasteiger partial charge in [-0.15, -0.1) is 11.6 Å². The third-order valence-corrected chi connectivity index (χ3v) is 5.48. The number of rotatable bonds is 5.